The zero-order chi connectivity index (χ0) is 12.0. The summed E-state index contributed by atoms with van der Waals surface area (Å²) in [6.45, 7) is 6.97. The Balaban J connectivity index is 2.27. The molecular weight excluding hydrogens is 200 g/mol. The van der Waals surface area contributed by atoms with E-state index in [0.29, 0.717) is 11.8 Å². The molecule has 1 atom stereocenters. The molecule has 1 aliphatic heterocycles. The average molecular weight is 226 g/mol. The van der Waals surface area contributed by atoms with E-state index in [1.807, 2.05) is 4.90 Å². The lowest BCUT2D eigenvalue weighted by Crippen LogP contribution is -2.39. The highest BCUT2D eigenvalue weighted by atomic mass is 16.2. The van der Waals surface area contributed by atoms with E-state index in [9.17, 15) is 4.79 Å². The lowest BCUT2D eigenvalue weighted by Gasteiger charge is -2.32. The summed E-state index contributed by atoms with van der Waals surface area (Å²) < 4.78 is 0. The minimum Gasteiger partial charge on any atom is -0.343 e. The normalized spacial score (nSPS) is 19.8. The van der Waals surface area contributed by atoms with Crippen molar-refractivity contribution in [2.75, 3.05) is 19.6 Å². The van der Waals surface area contributed by atoms with Gasteiger partial charge in [0.1, 0.15) is 0 Å². The molecule has 16 heavy (non-hydrogen) atoms. The Hall–Kier alpha value is -0.570. The minimum atomic E-state index is 0.348. The van der Waals surface area contributed by atoms with Gasteiger partial charge in [-0.15, -0.1) is 0 Å². The van der Waals surface area contributed by atoms with Crippen LogP contribution in [0.15, 0.2) is 0 Å². The van der Waals surface area contributed by atoms with Gasteiger partial charge in [-0.25, -0.2) is 0 Å². The number of nitrogens with two attached hydrogens (primary N) is 1. The van der Waals surface area contributed by atoms with Crippen LogP contribution < -0.4 is 5.73 Å². The van der Waals surface area contributed by atoms with Gasteiger partial charge >= 0.3 is 0 Å². The van der Waals surface area contributed by atoms with Crippen LogP contribution in [0.4, 0.5) is 0 Å². The fourth-order valence-corrected chi connectivity index (χ4v) is 2.28. The smallest absolute Gasteiger partial charge is 0.222 e. The number of likely N-dealkylation sites (tertiary alicyclic amines) is 1. The molecule has 1 aliphatic rings. The first-order valence-electron chi connectivity index (χ1n) is 6.65. The molecule has 0 aliphatic carbocycles. The largest absolute Gasteiger partial charge is 0.343 e. The second kappa shape index (κ2) is 6.89. The van der Waals surface area contributed by atoms with Crippen LogP contribution in [0.5, 0.6) is 0 Å². The van der Waals surface area contributed by atoms with Crippen LogP contribution in [0, 0.1) is 11.8 Å². The van der Waals surface area contributed by atoms with Gasteiger partial charge in [0.25, 0.3) is 0 Å². The van der Waals surface area contributed by atoms with Crippen molar-refractivity contribution in [3.05, 3.63) is 0 Å². The average Bonchev–Trinajstić information content (AvgIpc) is 2.30. The van der Waals surface area contributed by atoms with E-state index >= 15 is 0 Å². The summed E-state index contributed by atoms with van der Waals surface area (Å²) in [5, 5.41) is 0. The molecule has 0 aromatic rings. The Morgan fingerprint density at radius 3 is 2.56 bits per heavy atom. The first kappa shape index (κ1) is 13.5. The molecule has 0 aromatic carbocycles. The van der Waals surface area contributed by atoms with E-state index in [4.69, 9.17) is 5.73 Å². The Morgan fingerprint density at radius 2 is 2.06 bits per heavy atom. The Kier molecular flexibility index (Phi) is 5.81. The minimum absolute atomic E-state index is 0.348. The SMILES string of the molecule is CCC(C)CC(=O)N1CCC(CCN)CC1. The molecule has 1 amide bonds. The van der Waals surface area contributed by atoms with Crippen LogP contribution >= 0.6 is 0 Å². The number of nitrogens with zero attached hydrogens (tertiary/aromatic N) is 1. The van der Waals surface area contributed by atoms with Crippen molar-refractivity contribution in [1.82, 2.24) is 4.90 Å². The lowest BCUT2D eigenvalue weighted by atomic mass is 9.93. The topological polar surface area (TPSA) is 46.3 Å². The van der Waals surface area contributed by atoms with E-state index in [-0.39, 0.29) is 0 Å². The zero-order valence-electron chi connectivity index (χ0n) is 10.7. The predicted octanol–water partition coefficient (Wildman–Crippen LogP) is 2.01. The molecule has 1 unspecified atom stereocenters. The number of carbonyl (C=O) groups is 1. The van der Waals surface area contributed by atoms with E-state index < -0.39 is 0 Å². The van der Waals surface area contributed by atoms with Crippen LogP contribution in [0.2, 0.25) is 0 Å². The third kappa shape index (κ3) is 4.12. The molecule has 3 heteroatoms. The van der Waals surface area contributed by atoms with Crippen molar-refractivity contribution in [3.63, 3.8) is 0 Å². The van der Waals surface area contributed by atoms with Crippen molar-refractivity contribution >= 4 is 5.91 Å². The molecular formula is C13H26N2O. The second-order valence-corrected chi connectivity index (χ2v) is 5.12. The number of carbonyl (C=O) groups excluding carboxylic acids is 1. The molecule has 94 valence electrons. The number of amides is 1. The number of hydrogen-bond acceptors (Lipinski definition) is 2. The van der Waals surface area contributed by atoms with Crippen LogP contribution in [-0.4, -0.2) is 30.4 Å². The quantitative estimate of drug-likeness (QED) is 0.779. The number of rotatable bonds is 5. The van der Waals surface area contributed by atoms with Gasteiger partial charge in [0, 0.05) is 19.5 Å². The highest BCUT2D eigenvalue weighted by Crippen LogP contribution is 2.21. The summed E-state index contributed by atoms with van der Waals surface area (Å²) in [5.74, 6) is 1.62. The second-order valence-electron chi connectivity index (χ2n) is 5.12. The Morgan fingerprint density at radius 1 is 1.44 bits per heavy atom. The van der Waals surface area contributed by atoms with Crippen LogP contribution in [-0.2, 0) is 4.79 Å². The molecule has 1 heterocycles. The summed E-state index contributed by atoms with van der Waals surface area (Å²) in [6, 6.07) is 0. The summed E-state index contributed by atoms with van der Waals surface area (Å²) in [7, 11) is 0. The monoisotopic (exact) mass is 226 g/mol. The fourth-order valence-electron chi connectivity index (χ4n) is 2.28. The van der Waals surface area contributed by atoms with Crippen molar-refractivity contribution in [2.45, 2.75) is 46.0 Å². The van der Waals surface area contributed by atoms with Crippen LogP contribution in [0.3, 0.4) is 0 Å². The van der Waals surface area contributed by atoms with Crippen LogP contribution in [0.25, 0.3) is 0 Å². The molecule has 1 saturated heterocycles. The highest BCUT2D eigenvalue weighted by molar-refractivity contribution is 5.76. The van der Waals surface area contributed by atoms with Gasteiger partial charge in [-0.1, -0.05) is 20.3 Å². The fraction of sp³-hybridized carbons (Fsp3) is 0.923. The molecule has 1 fully saturated rings. The maximum atomic E-state index is 11.9. The highest BCUT2D eigenvalue weighted by Gasteiger charge is 2.22. The summed E-state index contributed by atoms with van der Waals surface area (Å²) >= 11 is 0. The van der Waals surface area contributed by atoms with Crippen LogP contribution in [0.1, 0.15) is 46.0 Å². The van der Waals surface area contributed by atoms with Gasteiger partial charge in [0.2, 0.25) is 5.91 Å². The third-order valence-corrected chi connectivity index (χ3v) is 3.76. The summed E-state index contributed by atoms with van der Waals surface area (Å²) in [5.41, 5.74) is 5.56. The first-order valence-corrected chi connectivity index (χ1v) is 6.65. The predicted molar refractivity (Wildman–Crippen MR) is 67.0 cm³/mol. The van der Waals surface area contributed by atoms with Crippen molar-refractivity contribution < 1.29 is 4.79 Å². The van der Waals surface area contributed by atoms with Gasteiger partial charge in [-0.05, 0) is 37.6 Å². The van der Waals surface area contributed by atoms with Gasteiger partial charge in [0.05, 0.1) is 0 Å². The molecule has 3 nitrogen and oxygen atoms in total. The van der Waals surface area contributed by atoms with Gasteiger partial charge in [0.15, 0.2) is 0 Å². The van der Waals surface area contributed by atoms with Gasteiger partial charge in [-0.2, -0.15) is 0 Å². The van der Waals surface area contributed by atoms with E-state index in [1.54, 1.807) is 0 Å². The van der Waals surface area contributed by atoms with Crippen molar-refractivity contribution in [1.29, 1.82) is 0 Å². The molecule has 2 N–H and O–H groups in total. The lowest BCUT2D eigenvalue weighted by molar-refractivity contribution is -0.133. The summed E-state index contributed by atoms with van der Waals surface area (Å²) in [6.07, 6.45) is 5.22. The van der Waals surface area contributed by atoms with Gasteiger partial charge in [-0.3, -0.25) is 4.79 Å². The standard InChI is InChI=1S/C13H26N2O/c1-3-11(2)10-13(16)15-8-5-12(4-7-14)6-9-15/h11-12H,3-10,14H2,1-2H3. The Labute approximate surface area is 99.4 Å². The van der Waals surface area contributed by atoms with E-state index in [1.165, 1.54) is 0 Å². The van der Waals surface area contributed by atoms with E-state index in [2.05, 4.69) is 13.8 Å². The summed E-state index contributed by atoms with van der Waals surface area (Å²) in [4.78, 5) is 14.0. The zero-order valence-corrected chi connectivity index (χ0v) is 10.7. The molecule has 0 bridgehead atoms. The molecule has 1 rings (SSSR count). The first-order chi connectivity index (χ1) is 7.67. The molecule has 0 spiro atoms. The number of hydrogen-bond donors (Lipinski definition) is 1. The number of piperidine rings is 1. The van der Waals surface area contributed by atoms with Gasteiger partial charge < -0.3 is 10.6 Å². The van der Waals surface area contributed by atoms with Crippen molar-refractivity contribution in [3.8, 4) is 0 Å². The third-order valence-electron chi connectivity index (χ3n) is 3.76. The maximum Gasteiger partial charge on any atom is 0.222 e. The Bertz CT molecular complexity index is 210. The maximum absolute atomic E-state index is 11.9. The molecule has 0 radical (unpaired) electrons. The van der Waals surface area contributed by atoms with E-state index in [0.717, 1.165) is 57.7 Å². The molecule has 0 aromatic heterocycles. The van der Waals surface area contributed by atoms with Crippen molar-refractivity contribution in [2.24, 2.45) is 17.6 Å². The molecule has 0 saturated carbocycles.